The van der Waals surface area contributed by atoms with Gasteiger partial charge in [0.05, 0.1) is 0 Å². The summed E-state index contributed by atoms with van der Waals surface area (Å²) in [7, 11) is -3.43. The summed E-state index contributed by atoms with van der Waals surface area (Å²) >= 11 is 0. The lowest BCUT2D eigenvalue weighted by molar-refractivity contribution is 0.107. The molecule has 0 aliphatic rings. The molecule has 0 aliphatic heterocycles. The van der Waals surface area contributed by atoms with Crippen LogP contribution in [0.4, 0.5) is 0 Å². The van der Waals surface area contributed by atoms with Crippen molar-refractivity contribution < 1.29 is 9.36 Å². The van der Waals surface area contributed by atoms with Gasteiger partial charge < -0.3 is 4.57 Å². The first-order valence-corrected chi connectivity index (χ1v) is 9.98. The van der Waals surface area contributed by atoms with Gasteiger partial charge in [-0.25, -0.2) is 0 Å². The molecule has 0 heterocycles. The fourth-order valence-electron chi connectivity index (χ4n) is 2.77. The normalized spacial score (nSPS) is 11.3. The van der Waals surface area contributed by atoms with Crippen LogP contribution in [-0.4, -0.2) is 5.52 Å². The molecule has 0 bridgehead atoms. The van der Waals surface area contributed by atoms with E-state index in [-0.39, 0.29) is 5.52 Å². The molecule has 0 saturated carbocycles. The van der Waals surface area contributed by atoms with Crippen LogP contribution in [0, 0.1) is 20.8 Å². The molecule has 2 nitrogen and oxygen atoms in total. The molecule has 3 aromatic carbocycles. The average Bonchev–Trinajstić information content (AvgIpc) is 2.62. The van der Waals surface area contributed by atoms with Crippen LogP contribution in [0.1, 0.15) is 27.0 Å². The Labute approximate surface area is 148 Å². The first-order chi connectivity index (χ1) is 11.9. The van der Waals surface area contributed by atoms with Crippen LogP contribution in [0.3, 0.4) is 0 Å². The predicted molar refractivity (Wildman–Crippen MR) is 105 cm³/mol. The minimum atomic E-state index is -3.43. The van der Waals surface area contributed by atoms with Crippen LogP contribution in [0.2, 0.25) is 0 Å². The van der Waals surface area contributed by atoms with Gasteiger partial charge in [-0.15, -0.1) is 0 Å². The van der Waals surface area contributed by atoms with Gasteiger partial charge in [-0.3, -0.25) is 4.79 Å². The summed E-state index contributed by atoms with van der Waals surface area (Å²) in [5, 5.41) is 1.15. The number of aryl methyl sites for hydroxylation is 3. The molecule has 3 heteroatoms. The molecule has 0 radical (unpaired) electrons. The highest BCUT2D eigenvalue weighted by Crippen LogP contribution is 2.46. The SMILES string of the molecule is Cc1ccc(C(=O)P(=O)(c2ccc(C)cc2)c2ccc(C)cc2)cc1. The van der Waals surface area contributed by atoms with Gasteiger partial charge in [0.15, 0.2) is 0 Å². The van der Waals surface area contributed by atoms with Crippen molar-refractivity contribution in [3.05, 3.63) is 95.1 Å². The van der Waals surface area contributed by atoms with E-state index in [1.165, 1.54) is 0 Å². The van der Waals surface area contributed by atoms with Crippen molar-refractivity contribution in [3.8, 4) is 0 Å². The van der Waals surface area contributed by atoms with Crippen molar-refractivity contribution in [2.45, 2.75) is 20.8 Å². The minimum absolute atomic E-state index is 0.319. The highest BCUT2D eigenvalue weighted by Gasteiger charge is 2.36. The maximum absolute atomic E-state index is 14.1. The molecule has 0 aliphatic carbocycles. The summed E-state index contributed by atoms with van der Waals surface area (Å²) in [5.74, 6) is 0. The van der Waals surface area contributed by atoms with E-state index in [2.05, 4.69) is 0 Å². The smallest absolute Gasteiger partial charge is 0.230 e. The monoisotopic (exact) mass is 348 g/mol. The Bertz CT molecular complexity index is 887. The lowest BCUT2D eigenvalue weighted by Gasteiger charge is -2.19. The van der Waals surface area contributed by atoms with Crippen molar-refractivity contribution in [3.63, 3.8) is 0 Å². The molecular weight excluding hydrogens is 327 g/mol. The lowest BCUT2D eigenvalue weighted by Crippen LogP contribution is -2.22. The number of carbonyl (C=O) groups is 1. The number of rotatable bonds is 4. The van der Waals surface area contributed by atoms with E-state index >= 15 is 0 Å². The first kappa shape index (κ1) is 17.4. The van der Waals surface area contributed by atoms with E-state index in [1.54, 1.807) is 12.1 Å². The number of hydrogen-bond acceptors (Lipinski definition) is 2. The second-order valence-corrected chi connectivity index (χ2v) is 9.11. The molecule has 0 N–H and O–H groups in total. The summed E-state index contributed by atoms with van der Waals surface area (Å²) in [6, 6.07) is 22.1. The van der Waals surface area contributed by atoms with Crippen molar-refractivity contribution in [2.75, 3.05) is 0 Å². The van der Waals surface area contributed by atoms with E-state index in [0.717, 1.165) is 16.7 Å². The Balaban J connectivity index is 2.19. The van der Waals surface area contributed by atoms with Crippen LogP contribution >= 0.6 is 7.14 Å². The fourth-order valence-corrected chi connectivity index (χ4v) is 5.19. The second kappa shape index (κ2) is 6.82. The van der Waals surface area contributed by atoms with Crippen molar-refractivity contribution in [2.24, 2.45) is 0 Å². The van der Waals surface area contributed by atoms with Gasteiger partial charge in [0, 0.05) is 16.2 Å². The Kier molecular flexibility index (Phi) is 4.74. The molecule has 3 aromatic rings. The average molecular weight is 348 g/mol. The number of benzene rings is 3. The summed E-state index contributed by atoms with van der Waals surface area (Å²) < 4.78 is 14.1. The van der Waals surface area contributed by atoms with Gasteiger partial charge in [-0.05, 0) is 20.8 Å². The van der Waals surface area contributed by atoms with Crippen LogP contribution in [0.25, 0.3) is 0 Å². The maximum atomic E-state index is 14.1. The Hall–Kier alpha value is -2.44. The summed E-state index contributed by atoms with van der Waals surface area (Å²) in [6.45, 7) is 5.92. The van der Waals surface area contributed by atoms with Crippen LogP contribution in [0.5, 0.6) is 0 Å². The molecule has 0 atom stereocenters. The van der Waals surface area contributed by atoms with E-state index in [4.69, 9.17) is 0 Å². The predicted octanol–water partition coefficient (Wildman–Crippen LogP) is 4.77. The van der Waals surface area contributed by atoms with Gasteiger partial charge in [0.2, 0.25) is 12.7 Å². The number of hydrogen-bond donors (Lipinski definition) is 0. The third-order valence-electron chi connectivity index (χ3n) is 4.38. The van der Waals surface area contributed by atoms with E-state index in [1.807, 2.05) is 81.4 Å². The van der Waals surface area contributed by atoms with Crippen LogP contribution < -0.4 is 10.6 Å². The Morgan fingerprint density at radius 2 is 0.920 bits per heavy atom. The molecule has 126 valence electrons. The number of carbonyl (C=O) groups excluding carboxylic acids is 1. The molecule has 0 fully saturated rings. The Morgan fingerprint density at radius 3 is 1.28 bits per heavy atom. The minimum Gasteiger partial charge on any atom is -0.305 e. The lowest BCUT2D eigenvalue weighted by atomic mass is 10.2. The van der Waals surface area contributed by atoms with Gasteiger partial charge in [-0.2, -0.15) is 0 Å². The fraction of sp³-hybridized carbons (Fsp3) is 0.136. The van der Waals surface area contributed by atoms with Gasteiger partial charge in [0.1, 0.15) is 0 Å². The van der Waals surface area contributed by atoms with Crippen molar-refractivity contribution >= 4 is 23.3 Å². The third kappa shape index (κ3) is 3.36. The highest BCUT2D eigenvalue weighted by atomic mass is 31.2. The zero-order chi connectivity index (χ0) is 18.0. The molecule has 0 saturated heterocycles. The standard InChI is InChI=1S/C22H21O2P/c1-16-4-10-19(11-5-16)22(23)25(24,20-12-6-17(2)7-13-20)21-14-8-18(3)9-15-21/h4-15H,1-3H3. The topological polar surface area (TPSA) is 34.1 Å². The molecule has 0 amide bonds. The second-order valence-electron chi connectivity index (χ2n) is 6.45. The van der Waals surface area contributed by atoms with Crippen molar-refractivity contribution in [1.82, 2.24) is 0 Å². The molecule has 0 spiro atoms. The molecular formula is C22H21O2P. The molecule has 0 unspecified atom stereocenters. The summed E-state index contributed by atoms with van der Waals surface area (Å²) in [5.41, 5.74) is 3.37. The van der Waals surface area contributed by atoms with Crippen LogP contribution in [0.15, 0.2) is 72.8 Å². The van der Waals surface area contributed by atoms with Crippen molar-refractivity contribution in [1.29, 1.82) is 0 Å². The third-order valence-corrected chi connectivity index (χ3v) is 7.26. The first-order valence-electron chi connectivity index (χ1n) is 8.27. The van der Waals surface area contributed by atoms with Crippen LogP contribution in [-0.2, 0) is 4.57 Å². The molecule has 25 heavy (non-hydrogen) atoms. The maximum Gasteiger partial charge on any atom is 0.230 e. The van der Waals surface area contributed by atoms with Gasteiger partial charge in [0.25, 0.3) is 0 Å². The quantitative estimate of drug-likeness (QED) is 0.637. The zero-order valence-corrected chi connectivity index (χ0v) is 15.6. The largest absolute Gasteiger partial charge is 0.305 e. The molecule has 0 aromatic heterocycles. The summed E-state index contributed by atoms with van der Waals surface area (Å²) in [4.78, 5) is 13.3. The van der Waals surface area contributed by atoms with E-state index < -0.39 is 7.14 Å². The van der Waals surface area contributed by atoms with Gasteiger partial charge in [-0.1, -0.05) is 89.5 Å². The Morgan fingerprint density at radius 1 is 0.600 bits per heavy atom. The zero-order valence-electron chi connectivity index (χ0n) is 14.7. The van der Waals surface area contributed by atoms with E-state index in [0.29, 0.717) is 16.2 Å². The highest BCUT2D eigenvalue weighted by molar-refractivity contribution is 7.93. The summed E-state index contributed by atoms with van der Waals surface area (Å²) in [6.07, 6.45) is 0. The van der Waals surface area contributed by atoms with Gasteiger partial charge >= 0.3 is 0 Å². The van der Waals surface area contributed by atoms with E-state index in [9.17, 15) is 9.36 Å². The molecule has 3 rings (SSSR count).